The zero-order valence-corrected chi connectivity index (χ0v) is 14.3. The Morgan fingerprint density at radius 3 is 2.32 bits per heavy atom. The Morgan fingerprint density at radius 2 is 1.73 bits per heavy atom. The van der Waals surface area contributed by atoms with Crippen molar-refractivity contribution in [3.8, 4) is 0 Å². The van der Waals surface area contributed by atoms with Crippen LogP contribution >= 0.6 is 11.6 Å². The van der Waals surface area contributed by atoms with Crippen LogP contribution in [0.2, 0.25) is 5.02 Å². The van der Waals surface area contributed by atoms with Gasteiger partial charge in [0.1, 0.15) is 6.10 Å². The Morgan fingerprint density at radius 1 is 1.14 bits per heavy atom. The van der Waals surface area contributed by atoms with Crippen LogP contribution in [0.4, 0.5) is 0 Å². The smallest absolute Gasteiger partial charge is 0.339 e. The van der Waals surface area contributed by atoms with Gasteiger partial charge in [0.05, 0.1) is 15.5 Å². The van der Waals surface area contributed by atoms with Crippen LogP contribution < -0.4 is 0 Å². The summed E-state index contributed by atoms with van der Waals surface area (Å²) >= 11 is 6.02. The van der Waals surface area contributed by atoms with Crippen LogP contribution in [0, 0.1) is 0 Å². The fourth-order valence-electron chi connectivity index (χ4n) is 2.64. The highest BCUT2D eigenvalue weighted by Gasteiger charge is 2.21. The van der Waals surface area contributed by atoms with E-state index in [1.807, 2.05) is 0 Å². The van der Waals surface area contributed by atoms with Crippen molar-refractivity contribution < 1.29 is 17.9 Å². The van der Waals surface area contributed by atoms with Crippen molar-refractivity contribution in [1.29, 1.82) is 0 Å². The van der Waals surface area contributed by atoms with Crippen LogP contribution in [0.15, 0.2) is 23.1 Å². The first kappa shape index (κ1) is 17.3. The molecule has 1 aromatic carbocycles. The number of carbonyl (C=O) groups excluding carboxylic acids is 1. The number of halogens is 1. The van der Waals surface area contributed by atoms with E-state index in [2.05, 4.69) is 0 Å². The fourth-order valence-corrected chi connectivity index (χ4v) is 3.48. The molecule has 0 N–H and O–H groups in total. The van der Waals surface area contributed by atoms with Crippen LogP contribution in [-0.2, 0) is 14.6 Å². The molecular weight excluding hydrogens is 324 g/mol. The van der Waals surface area contributed by atoms with Gasteiger partial charge < -0.3 is 4.74 Å². The lowest BCUT2D eigenvalue weighted by atomic mass is 9.98. The van der Waals surface area contributed by atoms with Crippen LogP contribution in [0.3, 0.4) is 0 Å². The Bertz CT molecular complexity index is 632. The number of rotatable bonds is 3. The second-order valence-corrected chi connectivity index (χ2v) is 8.21. The molecule has 0 spiro atoms. The van der Waals surface area contributed by atoms with E-state index in [4.69, 9.17) is 16.3 Å². The maximum atomic E-state index is 12.3. The number of carbonyl (C=O) groups is 1. The van der Waals surface area contributed by atoms with Crippen molar-refractivity contribution in [1.82, 2.24) is 0 Å². The standard InChI is InChI=1S/C16H21ClO4S/c1-22(19,20)13-9-10-15(17)14(11-13)16(18)21-12-7-5-3-2-4-6-8-12/h9-12H,2-8H2,1H3. The van der Waals surface area contributed by atoms with E-state index in [0.717, 1.165) is 31.9 Å². The highest BCUT2D eigenvalue weighted by Crippen LogP contribution is 2.24. The summed E-state index contributed by atoms with van der Waals surface area (Å²) in [7, 11) is -3.39. The predicted molar refractivity (Wildman–Crippen MR) is 86.1 cm³/mol. The molecule has 1 saturated carbocycles. The minimum atomic E-state index is -3.39. The van der Waals surface area contributed by atoms with Crippen LogP contribution in [0.1, 0.15) is 55.3 Å². The molecule has 122 valence electrons. The summed E-state index contributed by atoms with van der Waals surface area (Å²) in [5, 5.41) is 0.211. The number of benzene rings is 1. The van der Waals surface area contributed by atoms with Gasteiger partial charge in [-0.1, -0.05) is 30.9 Å². The number of hydrogen-bond acceptors (Lipinski definition) is 4. The van der Waals surface area contributed by atoms with Crippen LogP contribution in [-0.4, -0.2) is 26.7 Å². The SMILES string of the molecule is CS(=O)(=O)c1ccc(Cl)c(C(=O)OC2CCCCCCC2)c1. The minimum Gasteiger partial charge on any atom is -0.459 e. The summed E-state index contributed by atoms with van der Waals surface area (Å²) in [6.45, 7) is 0. The third kappa shape index (κ3) is 4.71. The highest BCUT2D eigenvalue weighted by molar-refractivity contribution is 7.90. The third-order valence-electron chi connectivity index (χ3n) is 3.91. The quantitative estimate of drug-likeness (QED) is 0.777. The lowest BCUT2D eigenvalue weighted by Crippen LogP contribution is -2.20. The number of sulfone groups is 1. The molecule has 22 heavy (non-hydrogen) atoms. The zero-order chi connectivity index (χ0) is 16.2. The van der Waals surface area contributed by atoms with E-state index in [1.54, 1.807) is 0 Å². The largest absolute Gasteiger partial charge is 0.459 e. The lowest BCUT2D eigenvalue weighted by molar-refractivity contribution is 0.0239. The molecule has 4 nitrogen and oxygen atoms in total. The Labute approximate surface area is 136 Å². The van der Waals surface area contributed by atoms with Crippen LogP contribution in [0.25, 0.3) is 0 Å². The summed E-state index contributed by atoms with van der Waals surface area (Å²) in [5.41, 5.74) is 0.117. The van der Waals surface area contributed by atoms with E-state index in [1.165, 1.54) is 37.5 Å². The molecule has 1 aliphatic carbocycles. The van der Waals surface area contributed by atoms with E-state index in [9.17, 15) is 13.2 Å². The van der Waals surface area contributed by atoms with Gasteiger partial charge in [-0.25, -0.2) is 13.2 Å². The summed E-state index contributed by atoms with van der Waals surface area (Å²) in [4.78, 5) is 12.4. The average Bonchev–Trinajstić information content (AvgIpc) is 2.40. The first-order chi connectivity index (χ1) is 10.4. The van der Waals surface area contributed by atoms with Crippen molar-refractivity contribution in [3.05, 3.63) is 28.8 Å². The number of esters is 1. The maximum Gasteiger partial charge on any atom is 0.339 e. The molecule has 1 fully saturated rings. The Balaban J connectivity index is 2.14. The number of ether oxygens (including phenoxy) is 1. The topological polar surface area (TPSA) is 60.4 Å². The van der Waals surface area contributed by atoms with Gasteiger partial charge in [-0.3, -0.25) is 0 Å². The first-order valence-corrected chi connectivity index (χ1v) is 9.85. The monoisotopic (exact) mass is 344 g/mol. The molecule has 1 aliphatic rings. The van der Waals surface area contributed by atoms with Gasteiger partial charge in [0.2, 0.25) is 0 Å². The van der Waals surface area contributed by atoms with Crippen molar-refractivity contribution in [2.45, 2.75) is 55.9 Å². The van der Waals surface area contributed by atoms with E-state index >= 15 is 0 Å². The molecule has 0 radical (unpaired) electrons. The summed E-state index contributed by atoms with van der Waals surface area (Å²) in [6, 6.07) is 4.11. The molecule has 0 bridgehead atoms. The maximum absolute atomic E-state index is 12.3. The second kappa shape index (κ2) is 7.47. The zero-order valence-electron chi connectivity index (χ0n) is 12.7. The molecule has 0 aliphatic heterocycles. The highest BCUT2D eigenvalue weighted by atomic mass is 35.5. The van der Waals surface area contributed by atoms with Crippen molar-refractivity contribution in [2.75, 3.05) is 6.26 Å². The Hall–Kier alpha value is -1.07. The van der Waals surface area contributed by atoms with Crippen molar-refractivity contribution in [3.63, 3.8) is 0 Å². The first-order valence-electron chi connectivity index (χ1n) is 7.58. The molecule has 0 aromatic heterocycles. The molecule has 0 heterocycles. The molecule has 0 amide bonds. The summed E-state index contributed by atoms with van der Waals surface area (Å²) in [5.74, 6) is -0.541. The van der Waals surface area contributed by atoms with Gasteiger partial charge in [-0.05, 0) is 43.9 Å². The predicted octanol–water partition coefficient (Wildman–Crippen LogP) is 4.01. The molecule has 0 unspecified atom stereocenters. The van der Waals surface area contributed by atoms with E-state index in [0.29, 0.717) is 0 Å². The molecule has 0 saturated heterocycles. The lowest BCUT2D eigenvalue weighted by Gasteiger charge is -2.20. The van der Waals surface area contributed by atoms with Gasteiger partial charge >= 0.3 is 5.97 Å². The Kier molecular flexibility index (Phi) is 5.87. The fraction of sp³-hybridized carbons (Fsp3) is 0.562. The van der Waals surface area contributed by atoms with E-state index in [-0.39, 0.29) is 21.6 Å². The summed E-state index contributed by atoms with van der Waals surface area (Å²) in [6.07, 6.45) is 8.37. The van der Waals surface area contributed by atoms with Gasteiger partial charge in [0.15, 0.2) is 9.84 Å². The van der Waals surface area contributed by atoms with Gasteiger partial charge in [-0.15, -0.1) is 0 Å². The molecule has 2 rings (SSSR count). The average molecular weight is 345 g/mol. The van der Waals surface area contributed by atoms with Crippen LogP contribution in [0.5, 0.6) is 0 Å². The molecule has 0 atom stereocenters. The molecule has 1 aromatic rings. The van der Waals surface area contributed by atoms with Gasteiger partial charge in [0.25, 0.3) is 0 Å². The van der Waals surface area contributed by atoms with Gasteiger partial charge in [-0.2, -0.15) is 0 Å². The van der Waals surface area contributed by atoms with Crippen molar-refractivity contribution in [2.24, 2.45) is 0 Å². The minimum absolute atomic E-state index is 0.0708. The van der Waals surface area contributed by atoms with Crippen molar-refractivity contribution >= 4 is 27.4 Å². The molecular formula is C16H21ClO4S. The van der Waals surface area contributed by atoms with Gasteiger partial charge in [0, 0.05) is 6.26 Å². The summed E-state index contributed by atoms with van der Waals surface area (Å²) < 4.78 is 28.7. The van der Waals surface area contributed by atoms with E-state index < -0.39 is 15.8 Å². The number of hydrogen-bond donors (Lipinski definition) is 0. The third-order valence-corrected chi connectivity index (χ3v) is 5.35. The normalized spacial score (nSPS) is 17.5. The second-order valence-electron chi connectivity index (χ2n) is 5.79. The molecule has 6 heteroatoms.